The fourth-order valence-electron chi connectivity index (χ4n) is 1.65. The van der Waals surface area contributed by atoms with E-state index in [9.17, 15) is 18.4 Å². The fraction of sp³-hybridized carbons (Fsp3) is 0.0714. The summed E-state index contributed by atoms with van der Waals surface area (Å²) < 4.78 is 31.3. The third-order valence-corrected chi connectivity index (χ3v) is 3.53. The Morgan fingerprint density at radius 1 is 1.33 bits per heavy atom. The van der Waals surface area contributed by atoms with E-state index in [-0.39, 0.29) is 26.7 Å². The van der Waals surface area contributed by atoms with Gasteiger partial charge >= 0.3 is 5.97 Å². The first-order chi connectivity index (χ1) is 11.3. The van der Waals surface area contributed by atoms with Crippen LogP contribution in [0.15, 0.2) is 28.7 Å². The normalized spacial score (nSPS) is 10.3. The molecule has 0 unspecified atom stereocenters. The zero-order valence-electron chi connectivity index (χ0n) is 11.8. The number of esters is 1. The molecular weight excluding hydrogens is 412 g/mol. The van der Waals surface area contributed by atoms with Gasteiger partial charge < -0.3 is 15.8 Å². The van der Waals surface area contributed by atoms with E-state index in [1.54, 1.807) is 0 Å². The number of carbonyl (C=O) groups excluding carboxylic acids is 2. The van der Waals surface area contributed by atoms with Crippen LogP contribution in [0.5, 0.6) is 0 Å². The number of nitrogens with zero attached hydrogens (tertiary/aromatic N) is 1. The number of aromatic nitrogens is 1. The maximum Gasteiger partial charge on any atom is 0.359 e. The number of nitrogens with two attached hydrogens (primary N) is 1. The third kappa shape index (κ3) is 4.39. The van der Waals surface area contributed by atoms with E-state index in [2.05, 4.69) is 26.2 Å². The Hall–Kier alpha value is -2.26. The molecule has 3 N–H and O–H groups in total. The van der Waals surface area contributed by atoms with E-state index in [4.69, 9.17) is 22.1 Å². The highest BCUT2D eigenvalue weighted by atomic mass is 79.9. The first kappa shape index (κ1) is 18.1. The van der Waals surface area contributed by atoms with Gasteiger partial charge in [-0.15, -0.1) is 0 Å². The lowest BCUT2D eigenvalue weighted by atomic mass is 10.3. The Balaban J connectivity index is 2.01. The number of hydrogen-bond acceptors (Lipinski definition) is 5. The summed E-state index contributed by atoms with van der Waals surface area (Å²) in [6.45, 7) is -0.726. The van der Waals surface area contributed by atoms with E-state index in [0.29, 0.717) is 6.07 Å². The lowest BCUT2D eigenvalue weighted by molar-refractivity contribution is -0.119. The van der Waals surface area contributed by atoms with Crippen molar-refractivity contribution in [2.75, 3.05) is 17.7 Å². The summed E-state index contributed by atoms with van der Waals surface area (Å²) in [5.41, 5.74) is 5.06. The first-order valence-corrected chi connectivity index (χ1v) is 7.48. The number of anilines is 2. The van der Waals surface area contributed by atoms with Crippen LogP contribution in [0.1, 0.15) is 10.5 Å². The van der Waals surface area contributed by atoms with E-state index < -0.39 is 30.1 Å². The van der Waals surface area contributed by atoms with Crippen LogP contribution in [0.25, 0.3) is 0 Å². The van der Waals surface area contributed by atoms with Gasteiger partial charge in [-0.3, -0.25) is 4.79 Å². The van der Waals surface area contributed by atoms with Gasteiger partial charge in [0.1, 0.15) is 11.0 Å². The smallest absolute Gasteiger partial charge is 0.359 e. The maximum atomic E-state index is 13.6. The predicted octanol–water partition coefficient (Wildman–Crippen LogP) is 3.15. The van der Waals surface area contributed by atoms with E-state index in [1.165, 1.54) is 12.1 Å². The van der Waals surface area contributed by atoms with Crippen LogP contribution >= 0.6 is 27.5 Å². The molecule has 0 aliphatic heterocycles. The molecule has 1 amide bonds. The number of amides is 1. The van der Waals surface area contributed by atoms with Crippen LogP contribution in [0.2, 0.25) is 5.15 Å². The van der Waals surface area contributed by atoms with E-state index in [1.807, 2.05) is 0 Å². The lowest BCUT2D eigenvalue weighted by Crippen LogP contribution is -2.22. The van der Waals surface area contributed by atoms with Crippen molar-refractivity contribution >= 4 is 50.8 Å². The molecule has 0 atom stereocenters. The molecule has 0 radical (unpaired) electrons. The van der Waals surface area contributed by atoms with Crippen molar-refractivity contribution in [3.63, 3.8) is 0 Å². The van der Waals surface area contributed by atoms with E-state index >= 15 is 0 Å². The van der Waals surface area contributed by atoms with Crippen molar-refractivity contribution in [2.24, 2.45) is 0 Å². The summed E-state index contributed by atoms with van der Waals surface area (Å²) in [6, 6.07) is 4.32. The molecule has 1 aromatic carbocycles. The summed E-state index contributed by atoms with van der Waals surface area (Å²) in [6.07, 6.45) is 0. The second-order valence-corrected chi connectivity index (χ2v) is 5.68. The molecule has 0 saturated carbocycles. The average Bonchev–Trinajstić information content (AvgIpc) is 2.50. The van der Waals surface area contributed by atoms with Crippen molar-refractivity contribution < 1.29 is 23.1 Å². The molecule has 0 bridgehead atoms. The molecule has 0 aliphatic rings. The molecule has 0 aliphatic carbocycles. The van der Waals surface area contributed by atoms with Crippen molar-refractivity contribution in [2.45, 2.75) is 0 Å². The number of halogens is 4. The Morgan fingerprint density at radius 3 is 2.71 bits per heavy atom. The molecule has 0 fully saturated rings. The van der Waals surface area contributed by atoms with Gasteiger partial charge in [0.05, 0.1) is 11.4 Å². The number of nitrogens with one attached hydrogen (secondary N) is 1. The summed E-state index contributed by atoms with van der Waals surface area (Å²) >= 11 is 8.56. The second kappa shape index (κ2) is 7.54. The zero-order valence-corrected chi connectivity index (χ0v) is 14.1. The topological polar surface area (TPSA) is 94.3 Å². The summed E-state index contributed by atoms with van der Waals surface area (Å²) in [5, 5.41) is 2.18. The molecule has 6 nitrogen and oxygen atoms in total. The van der Waals surface area contributed by atoms with Crippen molar-refractivity contribution in [3.8, 4) is 0 Å². The third-order valence-electron chi connectivity index (χ3n) is 2.69. The summed E-state index contributed by atoms with van der Waals surface area (Å²) in [7, 11) is 0. The fourth-order valence-corrected chi connectivity index (χ4v) is 2.30. The van der Waals surface area contributed by atoms with Crippen LogP contribution in [-0.2, 0) is 9.53 Å². The van der Waals surface area contributed by atoms with Crippen LogP contribution in [0.4, 0.5) is 20.2 Å². The summed E-state index contributed by atoms with van der Waals surface area (Å²) in [4.78, 5) is 27.3. The molecule has 1 heterocycles. The van der Waals surface area contributed by atoms with Gasteiger partial charge in [-0.1, -0.05) is 11.6 Å². The maximum absolute atomic E-state index is 13.6. The predicted molar refractivity (Wildman–Crippen MR) is 86.6 cm³/mol. The standard InChI is InChI=1S/C14H9BrClF2N3O3/c15-7-3-6(17)4-8(18)12(7)21-11(22)5-24-14(23)13-9(19)1-2-10(16)20-13/h1-4H,5,19H2,(H,21,22). The number of hydrogen-bond donors (Lipinski definition) is 2. The number of ether oxygens (including phenoxy) is 1. The van der Waals surface area contributed by atoms with Crippen LogP contribution in [0, 0.1) is 11.6 Å². The van der Waals surface area contributed by atoms with Crippen molar-refractivity contribution in [3.05, 3.63) is 51.2 Å². The minimum atomic E-state index is -0.984. The molecule has 10 heteroatoms. The van der Waals surface area contributed by atoms with Crippen molar-refractivity contribution in [1.82, 2.24) is 4.98 Å². The van der Waals surface area contributed by atoms with Crippen LogP contribution in [0.3, 0.4) is 0 Å². The minimum absolute atomic E-state index is 0.000397. The Bertz CT molecular complexity index is 797. The molecule has 0 saturated heterocycles. The molecule has 0 spiro atoms. The van der Waals surface area contributed by atoms with Gasteiger partial charge in [0.2, 0.25) is 0 Å². The number of carbonyl (C=O) groups is 2. The second-order valence-electron chi connectivity index (χ2n) is 4.44. The highest BCUT2D eigenvalue weighted by Gasteiger charge is 2.17. The minimum Gasteiger partial charge on any atom is -0.451 e. The Morgan fingerprint density at radius 2 is 2.04 bits per heavy atom. The summed E-state index contributed by atoms with van der Waals surface area (Å²) in [5.74, 6) is -3.60. The number of pyridine rings is 1. The van der Waals surface area contributed by atoms with Gasteiger partial charge in [0, 0.05) is 10.5 Å². The zero-order chi connectivity index (χ0) is 17.9. The van der Waals surface area contributed by atoms with Crippen molar-refractivity contribution in [1.29, 1.82) is 0 Å². The van der Waals surface area contributed by atoms with Gasteiger partial charge in [0.25, 0.3) is 5.91 Å². The van der Waals surface area contributed by atoms with Crippen LogP contribution < -0.4 is 11.1 Å². The number of rotatable bonds is 4. The SMILES string of the molecule is Nc1ccc(Cl)nc1C(=O)OCC(=O)Nc1c(F)cc(F)cc1Br. The monoisotopic (exact) mass is 419 g/mol. The highest BCUT2D eigenvalue weighted by molar-refractivity contribution is 9.10. The molecule has 2 rings (SSSR count). The average molecular weight is 421 g/mol. The number of benzene rings is 1. The molecule has 126 valence electrons. The molecular formula is C14H9BrClF2N3O3. The molecule has 1 aromatic heterocycles. The Labute approximate surface area is 148 Å². The van der Waals surface area contributed by atoms with Crippen LogP contribution in [-0.4, -0.2) is 23.5 Å². The highest BCUT2D eigenvalue weighted by Crippen LogP contribution is 2.26. The van der Waals surface area contributed by atoms with Gasteiger partial charge in [0.15, 0.2) is 18.1 Å². The molecule has 2 aromatic rings. The number of nitrogen functional groups attached to an aromatic ring is 1. The Kier molecular flexibility index (Phi) is 5.68. The van der Waals surface area contributed by atoms with Gasteiger partial charge in [-0.05, 0) is 34.1 Å². The van der Waals surface area contributed by atoms with Gasteiger partial charge in [-0.25, -0.2) is 18.6 Å². The molecule has 24 heavy (non-hydrogen) atoms. The van der Waals surface area contributed by atoms with E-state index in [0.717, 1.165) is 6.07 Å². The quantitative estimate of drug-likeness (QED) is 0.585. The lowest BCUT2D eigenvalue weighted by Gasteiger charge is -2.10. The largest absolute Gasteiger partial charge is 0.451 e. The van der Waals surface area contributed by atoms with Gasteiger partial charge in [-0.2, -0.15) is 0 Å². The first-order valence-electron chi connectivity index (χ1n) is 6.31.